The second kappa shape index (κ2) is 4.67. The lowest BCUT2D eigenvalue weighted by atomic mass is 10.1. The van der Waals surface area contributed by atoms with Gasteiger partial charge in [0.05, 0.1) is 23.5 Å². The van der Waals surface area contributed by atoms with E-state index in [1.54, 1.807) is 13.3 Å². The van der Waals surface area contributed by atoms with Crippen LogP contribution >= 0.6 is 15.9 Å². The zero-order chi connectivity index (χ0) is 11.5. The average Bonchev–Trinajstić information content (AvgIpc) is 2.77. The van der Waals surface area contributed by atoms with Crippen molar-refractivity contribution in [2.45, 2.75) is 6.54 Å². The Bertz CT molecular complexity index is 496. The second-order valence-electron chi connectivity index (χ2n) is 3.32. The minimum atomic E-state index is 0.468. The Morgan fingerprint density at radius 2 is 2.31 bits per heavy atom. The van der Waals surface area contributed by atoms with Crippen molar-refractivity contribution in [2.24, 2.45) is 5.73 Å². The van der Waals surface area contributed by atoms with Gasteiger partial charge >= 0.3 is 0 Å². The molecule has 0 aliphatic rings. The number of rotatable bonds is 3. The third-order valence-corrected chi connectivity index (χ3v) is 3.00. The quantitative estimate of drug-likeness (QED) is 0.908. The van der Waals surface area contributed by atoms with Gasteiger partial charge in [-0.25, -0.2) is 0 Å². The standard InChI is InChI=1S/C11H12BrN3O/c1-16-10-3-2-7(4-9(10)12)11-8(5-13)6-14-15-11/h2-4,6H,5,13H2,1H3,(H,14,15). The predicted octanol–water partition coefficient (Wildman–Crippen LogP) is 2.31. The van der Waals surface area contributed by atoms with Crippen LogP contribution in [0, 0.1) is 0 Å². The van der Waals surface area contributed by atoms with E-state index in [1.165, 1.54) is 0 Å². The van der Waals surface area contributed by atoms with E-state index in [4.69, 9.17) is 10.5 Å². The highest BCUT2D eigenvalue weighted by Crippen LogP contribution is 2.30. The molecule has 16 heavy (non-hydrogen) atoms. The van der Waals surface area contributed by atoms with E-state index in [1.807, 2.05) is 18.2 Å². The molecule has 84 valence electrons. The predicted molar refractivity (Wildman–Crippen MR) is 66.2 cm³/mol. The van der Waals surface area contributed by atoms with E-state index in [0.717, 1.165) is 27.0 Å². The van der Waals surface area contributed by atoms with Crippen LogP contribution in [-0.4, -0.2) is 17.3 Å². The Hall–Kier alpha value is -1.33. The Morgan fingerprint density at radius 1 is 1.50 bits per heavy atom. The third kappa shape index (κ3) is 1.96. The molecule has 2 rings (SSSR count). The maximum Gasteiger partial charge on any atom is 0.133 e. The number of hydrogen-bond donors (Lipinski definition) is 2. The Labute approximate surface area is 102 Å². The van der Waals surface area contributed by atoms with Crippen LogP contribution in [0.3, 0.4) is 0 Å². The molecule has 0 spiro atoms. The number of nitrogens with two attached hydrogens (primary N) is 1. The number of halogens is 1. The topological polar surface area (TPSA) is 63.9 Å². The third-order valence-electron chi connectivity index (χ3n) is 2.38. The summed E-state index contributed by atoms with van der Waals surface area (Å²) >= 11 is 3.45. The van der Waals surface area contributed by atoms with Crippen LogP contribution in [0.1, 0.15) is 5.56 Å². The molecule has 2 aromatic rings. The molecule has 0 aliphatic carbocycles. The van der Waals surface area contributed by atoms with Crippen LogP contribution in [0.2, 0.25) is 0 Å². The van der Waals surface area contributed by atoms with Gasteiger partial charge in [-0.15, -0.1) is 0 Å². The molecule has 0 radical (unpaired) electrons. The fourth-order valence-electron chi connectivity index (χ4n) is 1.54. The molecule has 0 atom stereocenters. The van der Waals surface area contributed by atoms with Gasteiger partial charge in [0.2, 0.25) is 0 Å². The van der Waals surface area contributed by atoms with Gasteiger partial charge in [-0.05, 0) is 34.1 Å². The number of nitrogens with zero attached hydrogens (tertiary/aromatic N) is 1. The van der Waals surface area contributed by atoms with Gasteiger partial charge in [0.25, 0.3) is 0 Å². The normalized spacial score (nSPS) is 10.4. The summed E-state index contributed by atoms with van der Waals surface area (Å²) in [7, 11) is 1.64. The number of aromatic amines is 1. The molecule has 3 N–H and O–H groups in total. The number of nitrogens with one attached hydrogen (secondary N) is 1. The summed E-state index contributed by atoms with van der Waals surface area (Å²) in [5.74, 6) is 0.803. The van der Waals surface area contributed by atoms with E-state index in [9.17, 15) is 0 Å². The van der Waals surface area contributed by atoms with Crippen molar-refractivity contribution >= 4 is 15.9 Å². The van der Waals surface area contributed by atoms with Crippen molar-refractivity contribution in [3.63, 3.8) is 0 Å². The molecule has 0 aliphatic heterocycles. The lowest BCUT2D eigenvalue weighted by Gasteiger charge is -2.06. The number of ether oxygens (including phenoxy) is 1. The number of benzene rings is 1. The van der Waals surface area contributed by atoms with E-state index >= 15 is 0 Å². The lowest BCUT2D eigenvalue weighted by molar-refractivity contribution is 0.412. The summed E-state index contributed by atoms with van der Waals surface area (Å²) in [6.07, 6.45) is 1.74. The van der Waals surface area contributed by atoms with E-state index < -0.39 is 0 Å². The molecule has 0 saturated heterocycles. The highest BCUT2D eigenvalue weighted by molar-refractivity contribution is 9.10. The lowest BCUT2D eigenvalue weighted by Crippen LogP contribution is -1.96. The van der Waals surface area contributed by atoms with Crippen molar-refractivity contribution in [3.05, 3.63) is 34.4 Å². The maximum absolute atomic E-state index is 5.63. The molecule has 0 amide bonds. The van der Waals surface area contributed by atoms with Crippen LogP contribution in [0.4, 0.5) is 0 Å². The molecular formula is C11H12BrN3O. The zero-order valence-corrected chi connectivity index (χ0v) is 10.4. The summed E-state index contributed by atoms with van der Waals surface area (Å²) in [5, 5.41) is 6.94. The van der Waals surface area contributed by atoms with Crippen molar-refractivity contribution in [3.8, 4) is 17.0 Å². The van der Waals surface area contributed by atoms with Crippen LogP contribution in [-0.2, 0) is 6.54 Å². The number of methoxy groups -OCH3 is 1. The summed E-state index contributed by atoms with van der Waals surface area (Å²) in [5.41, 5.74) is 8.61. The highest BCUT2D eigenvalue weighted by Gasteiger charge is 2.08. The van der Waals surface area contributed by atoms with Crippen LogP contribution in [0.25, 0.3) is 11.3 Å². The molecule has 0 unspecified atom stereocenters. The number of H-pyrrole nitrogens is 1. The van der Waals surface area contributed by atoms with E-state index in [2.05, 4.69) is 26.1 Å². The van der Waals surface area contributed by atoms with Crippen molar-refractivity contribution in [2.75, 3.05) is 7.11 Å². The zero-order valence-electron chi connectivity index (χ0n) is 8.83. The van der Waals surface area contributed by atoms with Gasteiger partial charge in [0.1, 0.15) is 5.75 Å². The molecule has 4 nitrogen and oxygen atoms in total. The molecule has 0 bridgehead atoms. The fourth-order valence-corrected chi connectivity index (χ4v) is 2.08. The fraction of sp³-hybridized carbons (Fsp3) is 0.182. The molecule has 1 heterocycles. The second-order valence-corrected chi connectivity index (χ2v) is 4.18. The molecular weight excluding hydrogens is 270 g/mol. The number of aromatic nitrogens is 2. The van der Waals surface area contributed by atoms with Gasteiger partial charge < -0.3 is 10.5 Å². The largest absolute Gasteiger partial charge is 0.496 e. The first kappa shape index (κ1) is 11.2. The van der Waals surface area contributed by atoms with Gasteiger partial charge in [-0.2, -0.15) is 5.10 Å². The van der Waals surface area contributed by atoms with Crippen molar-refractivity contribution < 1.29 is 4.74 Å². The molecule has 5 heteroatoms. The molecule has 1 aromatic heterocycles. The van der Waals surface area contributed by atoms with Crippen LogP contribution in [0.15, 0.2) is 28.9 Å². The van der Waals surface area contributed by atoms with Gasteiger partial charge in [-0.3, -0.25) is 5.10 Å². The first-order valence-electron chi connectivity index (χ1n) is 4.82. The maximum atomic E-state index is 5.63. The first-order chi connectivity index (χ1) is 7.76. The summed E-state index contributed by atoms with van der Waals surface area (Å²) in [4.78, 5) is 0. The molecule has 1 aromatic carbocycles. The summed E-state index contributed by atoms with van der Waals surface area (Å²) in [6, 6.07) is 5.85. The van der Waals surface area contributed by atoms with Gasteiger partial charge in [-0.1, -0.05) is 0 Å². The van der Waals surface area contributed by atoms with Gasteiger partial charge in [0, 0.05) is 17.7 Å². The van der Waals surface area contributed by atoms with Gasteiger partial charge in [0.15, 0.2) is 0 Å². The minimum Gasteiger partial charge on any atom is -0.496 e. The Morgan fingerprint density at radius 3 is 2.94 bits per heavy atom. The smallest absolute Gasteiger partial charge is 0.133 e. The monoisotopic (exact) mass is 281 g/mol. The molecule has 0 saturated carbocycles. The van der Waals surface area contributed by atoms with Crippen LogP contribution in [0.5, 0.6) is 5.75 Å². The number of hydrogen-bond acceptors (Lipinski definition) is 3. The van der Waals surface area contributed by atoms with Crippen molar-refractivity contribution in [1.29, 1.82) is 0 Å². The van der Waals surface area contributed by atoms with Crippen molar-refractivity contribution in [1.82, 2.24) is 10.2 Å². The molecule has 0 fully saturated rings. The van der Waals surface area contributed by atoms with Crippen LogP contribution < -0.4 is 10.5 Å². The Balaban J connectivity index is 2.45. The van der Waals surface area contributed by atoms with E-state index in [0.29, 0.717) is 6.54 Å². The minimum absolute atomic E-state index is 0.468. The SMILES string of the molecule is COc1ccc(-c2[nH]ncc2CN)cc1Br. The highest BCUT2D eigenvalue weighted by atomic mass is 79.9. The average molecular weight is 282 g/mol. The summed E-state index contributed by atoms with van der Waals surface area (Å²) in [6.45, 7) is 0.468. The summed E-state index contributed by atoms with van der Waals surface area (Å²) < 4.78 is 6.08. The Kier molecular flexibility index (Phi) is 3.26. The van der Waals surface area contributed by atoms with E-state index in [-0.39, 0.29) is 0 Å². The first-order valence-corrected chi connectivity index (χ1v) is 5.61.